The van der Waals surface area contributed by atoms with Crippen molar-refractivity contribution >= 4 is 5.97 Å². The van der Waals surface area contributed by atoms with Crippen LogP contribution in [-0.2, 0) is 4.79 Å². The van der Waals surface area contributed by atoms with Gasteiger partial charge in [0.15, 0.2) is 0 Å². The SMILES string of the molecule is CC1CCC(C(C)C(=O)O)C1. The van der Waals surface area contributed by atoms with Crippen LogP contribution in [0.15, 0.2) is 0 Å². The summed E-state index contributed by atoms with van der Waals surface area (Å²) in [6, 6.07) is 0. The molecule has 0 aliphatic heterocycles. The van der Waals surface area contributed by atoms with Crippen molar-refractivity contribution in [2.45, 2.75) is 33.1 Å². The summed E-state index contributed by atoms with van der Waals surface area (Å²) < 4.78 is 0. The minimum atomic E-state index is -0.635. The molecule has 0 spiro atoms. The second kappa shape index (κ2) is 3.24. The topological polar surface area (TPSA) is 37.3 Å². The van der Waals surface area contributed by atoms with Crippen molar-refractivity contribution in [3.8, 4) is 0 Å². The molecule has 11 heavy (non-hydrogen) atoms. The highest BCUT2D eigenvalue weighted by Gasteiger charge is 2.29. The standard InChI is InChI=1S/C9H16O2/c1-6-3-4-8(5-6)7(2)9(10)11/h6-8H,3-5H2,1-2H3,(H,10,11). The van der Waals surface area contributed by atoms with Crippen LogP contribution in [0.1, 0.15) is 33.1 Å². The summed E-state index contributed by atoms with van der Waals surface area (Å²) in [5.41, 5.74) is 0. The molecule has 2 nitrogen and oxygen atoms in total. The maximum atomic E-state index is 10.6. The van der Waals surface area contributed by atoms with Gasteiger partial charge in [-0.2, -0.15) is 0 Å². The van der Waals surface area contributed by atoms with E-state index < -0.39 is 5.97 Å². The van der Waals surface area contributed by atoms with Gasteiger partial charge < -0.3 is 5.11 Å². The summed E-state index contributed by atoms with van der Waals surface area (Å²) in [7, 11) is 0. The second-order valence-electron chi connectivity index (χ2n) is 3.81. The first kappa shape index (κ1) is 8.57. The van der Waals surface area contributed by atoms with E-state index in [0.717, 1.165) is 18.8 Å². The molecule has 1 saturated carbocycles. The molecule has 1 rings (SSSR count). The Hall–Kier alpha value is -0.530. The van der Waals surface area contributed by atoms with Crippen molar-refractivity contribution < 1.29 is 9.90 Å². The first-order chi connectivity index (χ1) is 5.11. The van der Waals surface area contributed by atoms with Crippen LogP contribution in [-0.4, -0.2) is 11.1 Å². The van der Waals surface area contributed by atoms with E-state index >= 15 is 0 Å². The molecule has 3 unspecified atom stereocenters. The number of hydrogen-bond acceptors (Lipinski definition) is 1. The average Bonchev–Trinajstić information content (AvgIpc) is 2.34. The predicted octanol–water partition coefficient (Wildman–Crippen LogP) is 2.14. The number of carboxylic acids is 1. The van der Waals surface area contributed by atoms with Gasteiger partial charge in [0.1, 0.15) is 0 Å². The minimum absolute atomic E-state index is 0.139. The number of hydrogen-bond donors (Lipinski definition) is 1. The fourth-order valence-corrected chi connectivity index (χ4v) is 1.91. The van der Waals surface area contributed by atoms with Crippen molar-refractivity contribution in [2.24, 2.45) is 17.8 Å². The van der Waals surface area contributed by atoms with Crippen LogP contribution in [0.2, 0.25) is 0 Å². The Morgan fingerprint density at radius 1 is 1.55 bits per heavy atom. The maximum absolute atomic E-state index is 10.6. The highest BCUT2D eigenvalue weighted by molar-refractivity contribution is 5.69. The van der Waals surface area contributed by atoms with Crippen LogP contribution in [0, 0.1) is 17.8 Å². The summed E-state index contributed by atoms with van der Waals surface area (Å²) in [5, 5.41) is 8.73. The van der Waals surface area contributed by atoms with E-state index in [-0.39, 0.29) is 5.92 Å². The summed E-state index contributed by atoms with van der Waals surface area (Å²) in [4.78, 5) is 10.6. The van der Waals surface area contributed by atoms with Crippen LogP contribution in [0.4, 0.5) is 0 Å². The molecule has 1 aliphatic rings. The monoisotopic (exact) mass is 156 g/mol. The van der Waals surface area contributed by atoms with Gasteiger partial charge in [0.05, 0.1) is 5.92 Å². The largest absolute Gasteiger partial charge is 0.481 e. The third-order valence-electron chi connectivity index (χ3n) is 2.83. The maximum Gasteiger partial charge on any atom is 0.306 e. The van der Waals surface area contributed by atoms with Gasteiger partial charge in [0.25, 0.3) is 0 Å². The van der Waals surface area contributed by atoms with Crippen LogP contribution >= 0.6 is 0 Å². The Morgan fingerprint density at radius 2 is 2.18 bits per heavy atom. The van der Waals surface area contributed by atoms with Gasteiger partial charge in [0, 0.05) is 0 Å². The minimum Gasteiger partial charge on any atom is -0.481 e. The quantitative estimate of drug-likeness (QED) is 0.665. The Labute approximate surface area is 67.6 Å². The molecule has 2 heteroatoms. The third kappa shape index (κ3) is 1.95. The fraction of sp³-hybridized carbons (Fsp3) is 0.889. The zero-order valence-corrected chi connectivity index (χ0v) is 7.21. The second-order valence-corrected chi connectivity index (χ2v) is 3.81. The van der Waals surface area contributed by atoms with Gasteiger partial charge >= 0.3 is 5.97 Å². The molecular weight excluding hydrogens is 140 g/mol. The number of carbonyl (C=O) groups is 1. The lowest BCUT2D eigenvalue weighted by molar-refractivity contribution is -0.142. The molecule has 0 amide bonds. The first-order valence-corrected chi connectivity index (χ1v) is 4.34. The lowest BCUT2D eigenvalue weighted by Crippen LogP contribution is -2.18. The van der Waals surface area contributed by atoms with Gasteiger partial charge in [-0.15, -0.1) is 0 Å². The van der Waals surface area contributed by atoms with Gasteiger partial charge in [0.2, 0.25) is 0 Å². The molecule has 3 atom stereocenters. The molecule has 0 heterocycles. The molecular formula is C9H16O2. The normalized spacial score (nSPS) is 33.6. The number of rotatable bonds is 2. The van der Waals surface area contributed by atoms with Crippen molar-refractivity contribution in [3.63, 3.8) is 0 Å². The highest BCUT2D eigenvalue weighted by Crippen LogP contribution is 2.35. The molecule has 0 saturated heterocycles. The van der Waals surface area contributed by atoms with Crippen molar-refractivity contribution in [1.29, 1.82) is 0 Å². The molecule has 64 valence electrons. The van der Waals surface area contributed by atoms with Crippen LogP contribution in [0.5, 0.6) is 0 Å². The molecule has 0 aromatic carbocycles. The zero-order valence-electron chi connectivity index (χ0n) is 7.21. The van der Waals surface area contributed by atoms with E-state index in [1.165, 1.54) is 6.42 Å². The van der Waals surface area contributed by atoms with E-state index in [1.807, 2.05) is 6.92 Å². The molecule has 1 aliphatic carbocycles. The van der Waals surface area contributed by atoms with Gasteiger partial charge in [-0.25, -0.2) is 0 Å². The van der Waals surface area contributed by atoms with E-state index in [2.05, 4.69) is 6.92 Å². The van der Waals surface area contributed by atoms with Crippen molar-refractivity contribution in [3.05, 3.63) is 0 Å². The fourth-order valence-electron chi connectivity index (χ4n) is 1.91. The lowest BCUT2D eigenvalue weighted by Gasteiger charge is -2.13. The Morgan fingerprint density at radius 3 is 2.55 bits per heavy atom. The smallest absolute Gasteiger partial charge is 0.306 e. The van der Waals surface area contributed by atoms with Gasteiger partial charge in [-0.05, 0) is 24.7 Å². The van der Waals surface area contributed by atoms with Crippen LogP contribution < -0.4 is 0 Å². The predicted molar refractivity (Wildman–Crippen MR) is 43.3 cm³/mol. The molecule has 0 bridgehead atoms. The van der Waals surface area contributed by atoms with E-state index in [0.29, 0.717) is 5.92 Å². The summed E-state index contributed by atoms with van der Waals surface area (Å²) in [5.74, 6) is 0.397. The molecule has 0 radical (unpaired) electrons. The van der Waals surface area contributed by atoms with E-state index in [4.69, 9.17) is 5.11 Å². The first-order valence-electron chi connectivity index (χ1n) is 4.34. The summed E-state index contributed by atoms with van der Waals surface area (Å²) in [6.07, 6.45) is 3.42. The average molecular weight is 156 g/mol. The molecule has 0 aromatic heterocycles. The highest BCUT2D eigenvalue weighted by atomic mass is 16.4. The third-order valence-corrected chi connectivity index (χ3v) is 2.83. The summed E-state index contributed by atoms with van der Waals surface area (Å²) in [6.45, 7) is 4.03. The molecule has 1 N–H and O–H groups in total. The van der Waals surface area contributed by atoms with Crippen molar-refractivity contribution in [1.82, 2.24) is 0 Å². The van der Waals surface area contributed by atoms with Gasteiger partial charge in [-0.3, -0.25) is 4.79 Å². The van der Waals surface area contributed by atoms with E-state index in [1.54, 1.807) is 0 Å². The Kier molecular flexibility index (Phi) is 2.53. The van der Waals surface area contributed by atoms with Crippen molar-refractivity contribution in [2.75, 3.05) is 0 Å². The zero-order chi connectivity index (χ0) is 8.43. The molecule has 1 fully saturated rings. The molecule has 0 aromatic rings. The Balaban J connectivity index is 2.43. The van der Waals surface area contributed by atoms with Crippen LogP contribution in [0.25, 0.3) is 0 Å². The van der Waals surface area contributed by atoms with E-state index in [9.17, 15) is 4.79 Å². The van der Waals surface area contributed by atoms with Gasteiger partial charge in [-0.1, -0.05) is 20.3 Å². The van der Waals surface area contributed by atoms with Crippen LogP contribution in [0.3, 0.4) is 0 Å². The summed E-state index contributed by atoms with van der Waals surface area (Å²) >= 11 is 0. The lowest BCUT2D eigenvalue weighted by atomic mass is 9.92. The Bertz CT molecular complexity index is 154. The number of aliphatic carboxylic acids is 1. The number of carboxylic acid groups (broad SMARTS) is 1.